The molecule has 0 bridgehead atoms. The summed E-state index contributed by atoms with van der Waals surface area (Å²) in [7, 11) is 1.26. The predicted octanol–water partition coefficient (Wildman–Crippen LogP) is 2.92. The average Bonchev–Trinajstić information content (AvgIpc) is 2.66. The molecule has 2 rings (SSSR count). The van der Waals surface area contributed by atoms with Crippen molar-refractivity contribution in [3.8, 4) is 11.8 Å². The molecule has 0 fully saturated rings. The molecule has 0 saturated heterocycles. The van der Waals surface area contributed by atoms with Crippen molar-refractivity contribution in [2.45, 2.75) is 0 Å². The van der Waals surface area contributed by atoms with Gasteiger partial charge in [-0.1, -0.05) is 24.3 Å². The normalized spacial score (nSPS) is 10.6. The van der Waals surface area contributed by atoms with Gasteiger partial charge in [-0.05, 0) is 35.9 Å². The molecule has 7 heteroatoms. The fourth-order valence-corrected chi connectivity index (χ4v) is 1.93. The number of amides is 1. The molecule has 0 saturated carbocycles. The Morgan fingerprint density at radius 1 is 1.19 bits per heavy atom. The monoisotopic (exact) mass is 354 g/mol. The number of hydrogen-bond donors (Lipinski definition) is 1. The second-order valence-electron chi connectivity index (χ2n) is 5.04. The quantitative estimate of drug-likeness (QED) is 0.489. The number of carbonyl (C=O) groups excluding carboxylic acids is 2. The van der Waals surface area contributed by atoms with E-state index in [1.807, 2.05) is 0 Å². The van der Waals surface area contributed by atoms with Crippen molar-refractivity contribution in [2.75, 3.05) is 19.0 Å². The Morgan fingerprint density at radius 3 is 2.50 bits per heavy atom. The lowest BCUT2D eigenvalue weighted by molar-refractivity contribution is -0.142. The highest BCUT2D eigenvalue weighted by Gasteiger charge is 2.11. The number of anilines is 1. The number of nitrogens with one attached hydrogen (secondary N) is 1. The van der Waals surface area contributed by atoms with Gasteiger partial charge in [0.15, 0.2) is 6.61 Å². The lowest BCUT2D eigenvalue weighted by atomic mass is 10.1. The van der Waals surface area contributed by atoms with E-state index in [2.05, 4.69) is 10.1 Å². The van der Waals surface area contributed by atoms with E-state index < -0.39 is 17.7 Å². The third-order valence-corrected chi connectivity index (χ3v) is 3.26. The van der Waals surface area contributed by atoms with Gasteiger partial charge in [-0.3, -0.25) is 4.79 Å². The van der Waals surface area contributed by atoms with E-state index in [1.165, 1.54) is 31.4 Å². The van der Waals surface area contributed by atoms with Gasteiger partial charge in [-0.15, -0.1) is 0 Å². The standard InChI is InChI=1S/C19H15FN2O4/c1-25-18(23)12-26-15-8-6-13(7-9-15)10-14(11-21)19(24)22-17-5-3-2-4-16(17)20/h2-10H,12H2,1H3,(H,22,24)/b14-10-. The molecule has 1 N–H and O–H groups in total. The molecular formula is C19H15FN2O4. The van der Waals surface area contributed by atoms with Crippen LogP contribution in [0.3, 0.4) is 0 Å². The largest absolute Gasteiger partial charge is 0.482 e. The first kappa shape index (κ1) is 18.7. The van der Waals surface area contributed by atoms with E-state index in [1.54, 1.807) is 36.4 Å². The van der Waals surface area contributed by atoms with Crippen molar-refractivity contribution in [3.63, 3.8) is 0 Å². The van der Waals surface area contributed by atoms with E-state index in [0.29, 0.717) is 11.3 Å². The minimum absolute atomic E-state index is 0.00907. The van der Waals surface area contributed by atoms with Gasteiger partial charge >= 0.3 is 5.97 Å². The topological polar surface area (TPSA) is 88.4 Å². The summed E-state index contributed by atoms with van der Waals surface area (Å²) in [5.41, 5.74) is 0.373. The Labute approximate surface area is 149 Å². The Bertz CT molecular complexity index is 870. The number of rotatable bonds is 6. The number of carbonyl (C=O) groups is 2. The number of halogens is 1. The maximum atomic E-state index is 13.6. The van der Waals surface area contributed by atoms with Crippen LogP contribution < -0.4 is 10.1 Å². The van der Waals surface area contributed by atoms with Crippen molar-refractivity contribution >= 4 is 23.6 Å². The van der Waals surface area contributed by atoms with Gasteiger partial charge in [0.05, 0.1) is 12.8 Å². The van der Waals surface area contributed by atoms with Crippen LogP contribution in [0.2, 0.25) is 0 Å². The SMILES string of the molecule is COC(=O)COc1ccc(/C=C(/C#N)C(=O)Nc2ccccc2F)cc1. The van der Waals surface area contributed by atoms with Crippen molar-refractivity contribution < 1.29 is 23.5 Å². The van der Waals surface area contributed by atoms with E-state index in [4.69, 9.17) is 4.74 Å². The molecule has 0 unspecified atom stereocenters. The summed E-state index contributed by atoms with van der Waals surface area (Å²) in [5, 5.41) is 11.5. The Hall–Kier alpha value is -3.66. The molecule has 26 heavy (non-hydrogen) atoms. The van der Waals surface area contributed by atoms with Crippen LogP contribution in [-0.4, -0.2) is 25.6 Å². The Morgan fingerprint density at radius 2 is 1.88 bits per heavy atom. The summed E-state index contributed by atoms with van der Waals surface area (Å²) >= 11 is 0. The highest BCUT2D eigenvalue weighted by atomic mass is 19.1. The van der Waals surface area contributed by atoms with E-state index in [-0.39, 0.29) is 17.9 Å². The minimum atomic E-state index is -0.719. The smallest absolute Gasteiger partial charge is 0.343 e. The Balaban J connectivity index is 2.08. The number of nitrogens with zero attached hydrogens (tertiary/aromatic N) is 1. The van der Waals surface area contributed by atoms with Crippen LogP contribution in [0.1, 0.15) is 5.56 Å². The number of ether oxygens (including phenoxy) is 2. The van der Waals surface area contributed by atoms with Crippen LogP contribution >= 0.6 is 0 Å². The van der Waals surface area contributed by atoms with E-state index in [9.17, 15) is 19.2 Å². The lowest BCUT2D eigenvalue weighted by Crippen LogP contribution is -2.14. The van der Waals surface area contributed by atoms with Crippen molar-refractivity contribution in [2.24, 2.45) is 0 Å². The van der Waals surface area contributed by atoms with Crippen LogP contribution in [0, 0.1) is 17.1 Å². The zero-order valence-electron chi connectivity index (χ0n) is 13.9. The molecule has 2 aromatic rings. The molecule has 1 amide bonds. The fraction of sp³-hybridized carbons (Fsp3) is 0.105. The molecule has 2 aromatic carbocycles. The molecule has 0 spiro atoms. The van der Waals surface area contributed by atoms with Gasteiger partial charge in [-0.2, -0.15) is 5.26 Å². The van der Waals surface area contributed by atoms with Gasteiger partial charge in [0, 0.05) is 0 Å². The minimum Gasteiger partial charge on any atom is -0.482 e. The van der Waals surface area contributed by atoms with E-state index in [0.717, 1.165) is 0 Å². The summed E-state index contributed by atoms with van der Waals surface area (Å²) in [5.74, 6) is -1.39. The summed E-state index contributed by atoms with van der Waals surface area (Å²) in [6, 6.07) is 13.8. The maximum Gasteiger partial charge on any atom is 0.343 e. The van der Waals surface area contributed by atoms with Crippen LogP contribution in [0.5, 0.6) is 5.75 Å². The highest BCUT2D eigenvalue weighted by Crippen LogP contribution is 2.17. The lowest BCUT2D eigenvalue weighted by Gasteiger charge is -2.06. The third-order valence-electron chi connectivity index (χ3n) is 3.26. The molecule has 132 valence electrons. The van der Waals surface area contributed by atoms with Gasteiger partial charge in [-0.25, -0.2) is 9.18 Å². The second kappa shape index (κ2) is 8.99. The summed E-state index contributed by atoms with van der Waals surface area (Å²) in [4.78, 5) is 23.2. The van der Waals surface area contributed by atoms with Crippen LogP contribution in [0.4, 0.5) is 10.1 Å². The van der Waals surface area contributed by atoms with Crippen LogP contribution in [0.25, 0.3) is 6.08 Å². The first-order valence-electron chi connectivity index (χ1n) is 7.51. The molecule has 0 heterocycles. The molecule has 6 nitrogen and oxygen atoms in total. The summed E-state index contributed by atoms with van der Waals surface area (Å²) in [6.07, 6.45) is 1.36. The number of esters is 1. The molecule has 0 aromatic heterocycles. The van der Waals surface area contributed by atoms with Crippen LogP contribution in [0.15, 0.2) is 54.1 Å². The van der Waals surface area contributed by atoms with Crippen molar-refractivity contribution in [1.29, 1.82) is 5.26 Å². The Kier molecular flexibility index (Phi) is 6.46. The number of benzene rings is 2. The molecule has 0 atom stereocenters. The maximum absolute atomic E-state index is 13.6. The van der Waals surface area contributed by atoms with Crippen molar-refractivity contribution in [1.82, 2.24) is 0 Å². The highest BCUT2D eigenvalue weighted by molar-refractivity contribution is 6.09. The molecular weight excluding hydrogens is 339 g/mol. The van der Waals surface area contributed by atoms with Gasteiger partial charge in [0.25, 0.3) is 5.91 Å². The zero-order chi connectivity index (χ0) is 18.9. The van der Waals surface area contributed by atoms with E-state index >= 15 is 0 Å². The summed E-state index contributed by atoms with van der Waals surface area (Å²) in [6.45, 7) is -0.222. The number of para-hydroxylation sites is 1. The number of nitriles is 1. The zero-order valence-corrected chi connectivity index (χ0v) is 13.9. The van der Waals surface area contributed by atoms with Crippen molar-refractivity contribution in [3.05, 3.63) is 65.5 Å². The molecule has 0 aliphatic rings. The first-order chi connectivity index (χ1) is 12.5. The number of methoxy groups -OCH3 is 1. The van der Waals surface area contributed by atoms with Gasteiger partial charge < -0.3 is 14.8 Å². The fourth-order valence-electron chi connectivity index (χ4n) is 1.93. The number of hydrogen-bond acceptors (Lipinski definition) is 5. The third kappa shape index (κ3) is 5.18. The van der Waals surface area contributed by atoms with Crippen LogP contribution in [-0.2, 0) is 14.3 Å². The molecule has 0 aliphatic heterocycles. The second-order valence-corrected chi connectivity index (χ2v) is 5.04. The molecule has 0 aliphatic carbocycles. The molecule has 0 radical (unpaired) electrons. The predicted molar refractivity (Wildman–Crippen MR) is 92.6 cm³/mol. The van der Waals surface area contributed by atoms with Gasteiger partial charge in [0.2, 0.25) is 0 Å². The first-order valence-corrected chi connectivity index (χ1v) is 7.51. The summed E-state index contributed by atoms with van der Waals surface area (Å²) < 4.78 is 23.2. The average molecular weight is 354 g/mol. The van der Waals surface area contributed by atoms with Gasteiger partial charge in [0.1, 0.15) is 23.2 Å².